The van der Waals surface area contributed by atoms with Crippen LogP contribution in [-0.2, 0) is 17.8 Å². The van der Waals surface area contributed by atoms with Crippen molar-refractivity contribution in [1.29, 1.82) is 0 Å². The normalized spacial score (nSPS) is 11.2. The van der Waals surface area contributed by atoms with Crippen molar-refractivity contribution in [3.63, 3.8) is 0 Å². The van der Waals surface area contributed by atoms with Crippen LogP contribution in [-0.4, -0.2) is 25.7 Å². The summed E-state index contributed by atoms with van der Waals surface area (Å²) in [5.41, 5.74) is 9.52. The van der Waals surface area contributed by atoms with Gasteiger partial charge in [0, 0.05) is 36.4 Å². The molecule has 164 valence electrons. The van der Waals surface area contributed by atoms with Crippen LogP contribution in [0.25, 0.3) is 16.7 Å². The molecule has 0 bridgehead atoms. The summed E-state index contributed by atoms with van der Waals surface area (Å²) in [7, 11) is 0. The van der Waals surface area contributed by atoms with E-state index in [9.17, 15) is 4.79 Å². The number of nitrogens with zero attached hydrogens (tertiary/aromatic N) is 4. The molecular weight excluding hydrogens is 398 g/mol. The number of hydrogen-bond donors (Lipinski definition) is 1. The van der Waals surface area contributed by atoms with Gasteiger partial charge in [-0.15, -0.1) is 0 Å². The highest BCUT2D eigenvalue weighted by atomic mass is 16.1. The molecule has 3 aromatic heterocycles. The van der Waals surface area contributed by atoms with Gasteiger partial charge in [0.05, 0.1) is 11.4 Å². The van der Waals surface area contributed by atoms with Crippen LogP contribution in [0.15, 0.2) is 42.7 Å². The van der Waals surface area contributed by atoms with Crippen LogP contribution in [0.1, 0.15) is 45.6 Å². The van der Waals surface area contributed by atoms with Crippen LogP contribution in [0, 0.1) is 34.6 Å². The lowest BCUT2D eigenvalue weighted by Gasteiger charge is -2.12. The predicted molar refractivity (Wildman–Crippen MR) is 127 cm³/mol. The number of pyridine rings is 2. The van der Waals surface area contributed by atoms with Gasteiger partial charge in [-0.1, -0.05) is 12.1 Å². The van der Waals surface area contributed by atoms with Crippen molar-refractivity contribution in [2.24, 2.45) is 0 Å². The Kier molecular flexibility index (Phi) is 6.04. The molecule has 0 fully saturated rings. The monoisotopic (exact) mass is 427 g/mol. The van der Waals surface area contributed by atoms with E-state index < -0.39 is 0 Å². The number of fused-ring (bicyclic) bond motifs is 1. The summed E-state index contributed by atoms with van der Waals surface area (Å²) in [6, 6.07) is 10.2. The Hall–Kier alpha value is -3.54. The first-order chi connectivity index (χ1) is 15.3. The second-order valence-corrected chi connectivity index (χ2v) is 8.40. The van der Waals surface area contributed by atoms with Gasteiger partial charge in [0.2, 0.25) is 5.91 Å². The zero-order valence-electron chi connectivity index (χ0n) is 19.4. The average molecular weight is 428 g/mol. The Balaban J connectivity index is 1.57. The van der Waals surface area contributed by atoms with E-state index in [1.807, 2.05) is 30.7 Å². The molecule has 0 saturated carbocycles. The van der Waals surface area contributed by atoms with Gasteiger partial charge in [-0.05, 0) is 87.1 Å². The van der Waals surface area contributed by atoms with E-state index >= 15 is 0 Å². The highest BCUT2D eigenvalue weighted by Gasteiger charge is 2.18. The van der Waals surface area contributed by atoms with Gasteiger partial charge >= 0.3 is 0 Å². The van der Waals surface area contributed by atoms with Crippen LogP contribution >= 0.6 is 0 Å². The number of amides is 1. The van der Waals surface area contributed by atoms with E-state index in [0.29, 0.717) is 19.4 Å². The smallest absolute Gasteiger partial charge is 0.220 e. The lowest BCUT2D eigenvalue weighted by atomic mass is 9.99. The summed E-state index contributed by atoms with van der Waals surface area (Å²) in [4.78, 5) is 21.4. The number of aromatic nitrogens is 4. The first-order valence-electron chi connectivity index (χ1n) is 10.9. The van der Waals surface area contributed by atoms with Crippen LogP contribution in [0.2, 0.25) is 0 Å². The van der Waals surface area contributed by atoms with E-state index in [4.69, 9.17) is 10.1 Å². The highest BCUT2D eigenvalue weighted by Crippen LogP contribution is 2.28. The summed E-state index contributed by atoms with van der Waals surface area (Å²) in [5, 5.41) is 8.85. The van der Waals surface area contributed by atoms with Crippen molar-refractivity contribution < 1.29 is 4.79 Å². The minimum atomic E-state index is 0.0234. The molecule has 0 unspecified atom stereocenters. The van der Waals surface area contributed by atoms with Gasteiger partial charge in [-0.25, -0.2) is 9.67 Å². The summed E-state index contributed by atoms with van der Waals surface area (Å²) in [6.45, 7) is 10.9. The molecule has 3 heterocycles. The molecular formula is C26H29N5O. The molecule has 6 heteroatoms. The third kappa shape index (κ3) is 4.26. The molecule has 0 spiro atoms. The Morgan fingerprint density at radius 3 is 2.56 bits per heavy atom. The van der Waals surface area contributed by atoms with E-state index in [1.165, 1.54) is 11.1 Å². The second kappa shape index (κ2) is 8.91. The fraction of sp³-hybridized carbons (Fsp3) is 0.308. The van der Waals surface area contributed by atoms with Crippen molar-refractivity contribution in [3.05, 3.63) is 81.9 Å². The minimum absolute atomic E-state index is 0.0234. The van der Waals surface area contributed by atoms with E-state index in [2.05, 4.69) is 49.3 Å². The maximum atomic E-state index is 12.4. The number of carbonyl (C=O) groups is 1. The third-order valence-electron chi connectivity index (χ3n) is 6.12. The number of carbonyl (C=O) groups excluding carboxylic acids is 1. The second-order valence-electron chi connectivity index (χ2n) is 8.40. The van der Waals surface area contributed by atoms with Crippen LogP contribution < -0.4 is 5.32 Å². The molecule has 32 heavy (non-hydrogen) atoms. The first kappa shape index (κ1) is 21.7. The van der Waals surface area contributed by atoms with Gasteiger partial charge < -0.3 is 5.32 Å². The van der Waals surface area contributed by atoms with E-state index in [0.717, 1.165) is 44.8 Å². The topological polar surface area (TPSA) is 72.7 Å². The fourth-order valence-corrected chi connectivity index (χ4v) is 4.14. The molecule has 1 aromatic carbocycles. The predicted octanol–water partition coefficient (Wildman–Crippen LogP) is 4.61. The Morgan fingerprint density at radius 2 is 1.84 bits per heavy atom. The molecule has 1 amide bonds. The number of benzene rings is 1. The quantitative estimate of drug-likeness (QED) is 0.488. The van der Waals surface area contributed by atoms with E-state index in [1.54, 1.807) is 12.4 Å². The van der Waals surface area contributed by atoms with Gasteiger partial charge in [-0.2, -0.15) is 5.10 Å². The van der Waals surface area contributed by atoms with E-state index in [-0.39, 0.29) is 5.91 Å². The first-order valence-corrected chi connectivity index (χ1v) is 10.9. The lowest BCUT2D eigenvalue weighted by Crippen LogP contribution is -2.23. The summed E-state index contributed by atoms with van der Waals surface area (Å²) in [5.74, 6) is 0.0234. The van der Waals surface area contributed by atoms with Crippen LogP contribution in [0.4, 0.5) is 0 Å². The molecule has 0 aliphatic heterocycles. The number of rotatable bonds is 6. The van der Waals surface area contributed by atoms with Crippen LogP contribution in [0.5, 0.6) is 0 Å². The minimum Gasteiger partial charge on any atom is -0.352 e. The van der Waals surface area contributed by atoms with Gasteiger partial charge in [0.15, 0.2) is 5.65 Å². The molecule has 1 N–H and O–H groups in total. The maximum absolute atomic E-state index is 12.4. The van der Waals surface area contributed by atoms with Gasteiger partial charge in [0.1, 0.15) is 0 Å². The molecule has 4 aromatic rings. The highest BCUT2D eigenvalue weighted by molar-refractivity contribution is 5.85. The molecule has 0 saturated heterocycles. The number of aryl methyl sites for hydroxylation is 5. The molecule has 0 radical (unpaired) electrons. The summed E-state index contributed by atoms with van der Waals surface area (Å²) >= 11 is 0. The molecule has 4 rings (SSSR count). The third-order valence-corrected chi connectivity index (χ3v) is 6.12. The van der Waals surface area contributed by atoms with Crippen molar-refractivity contribution in [2.45, 2.75) is 54.0 Å². The standard InChI is InChI=1S/C26H29N5O/c1-16-8-9-22(13-17(16)2)31-26-25(20(5)30-31)18(3)23(19(4)29-26)10-11-24(32)28-15-21-7-6-12-27-14-21/h6-9,12-14H,10-11,15H2,1-5H3,(H,28,32). The Bertz CT molecular complexity index is 1290. The summed E-state index contributed by atoms with van der Waals surface area (Å²) in [6.07, 6.45) is 4.56. The molecule has 0 atom stereocenters. The number of hydrogen-bond acceptors (Lipinski definition) is 4. The lowest BCUT2D eigenvalue weighted by molar-refractivity contribution is -0.121. The van der Waals surface area contributed by atoms with Crippen molar-refractivity contribution in [3.8, 4) is 5.69 Å². The van der Waals surface area contributed by atoms with Crippen molar-refractivity contribution >= 4 is 16.9 Å². The van der Waals surface area contributed by atoms with Crippen molar-refractivity contribution in [1.82, 2.24) is 25.1 Å². The zero-order chi connectivity index (χ0) is 22.8. The fourth-order valence-electron chi connectivity index (χ4n) is 4.14. The molecule has 6 nitrogen and oxygen atoms in total. The average Bonchev–Trinajstić information content (AvgIpc) is 3.10. The SMILES string of the molecule is Cc1ccc(-n2nc(C)c3c(C)c(CCC(=O)NCc4cccnc4)c(C)nc32)cc1C. The summed E-state index contributed by atoms with van der Waals surface area (Å²) < 4.78 is 1.93. The Morgan fingerprint density at radius 1 is 1.03 bits per heavy atom. The van der Waals surface area contributed by atoms with Gasteiger partial charge in [0.25, 0.3) is 0 Å². The number of nitrogens with one attached hydrogen (secondary N) is 1. The van der Waals surface area contributed by atoms with Crippen molar-refractivity contribution in [2.75, 3.05) is 0 Å². The van der Waals surface area contributed by atoms with Gasteiger partial charge in [-0.3, -0.25) is 9.78 Å². The molecule has 0 aliphatic rings. The molecule has 0 aliphatic carbocycles. The zero-order valence-corrected chi connectivity index (χ0v) is 19.4. The Labute approximate surface area is 188 Å². The maximum Gasteiger partial charge on any atom is 0.220 e. The largest absolute Gasteiger partial charge is 0.352 e. The van der Waals surface area contributed by atoms with Crippen LogP contribution in [0.3, 0.4) is 0 Å².